The number of nitrogens with zero attached hydrogens (tertiary/aromatic N) is 2. The van der Waals surface area contributed by atoms with E-state index in [1.54, 1.807) is 11.8 Å². The third kappa shape index (κ3) is 5.57. The molecule has 3 atom stereocenters. The summed E-state index contributed by atoms with van der Waals surface area (Å²) < 4.78 is 0. The smallest absolute Gasteiger partial charge is 0.225 e. The number of hydrogen-bond donors (Lipinski definition) is 1. The van der Waals surface area contributed by atoms with Gasteiger partial charge in [0.2, 0.25) is 11.8 Å². The minimum atomic E-state index is -0.0893. The van der Waals surface area contributed by atoms with Crippen LogP contribution in [0.15, 0.2) is 24.3 Å². The van der Waals surface area contributed by atoms with Crippen molar-refractivity contribution in [2.75, 3.05) is 26.2 Å². The molecule has 2 aliphatic rings. The van der Waals surface area contributed by atoms with Crippen LogP contribution < -0.4 is 5.32 Å². The molecule has 0 radical (unpaired) electrons. The van der Waals surface area contributed by atoms with Crippen molar-refractivity contribution in [2.45, 2.75) is 53.1 Å². The van der Waals surface area contributed by atoms with Crippen LogP contribution in [0.3, 0.4) is 0 Å². The molecule has 0 aromatic heterocycles. The Balaban J connectivity index is 1.57. The number of piperidine rings is 2. The zero-order valence-electron chi connectivity index (χ0n) is 17.6. The highest BCUT2D eigenvalue weighted by Gasteiger charge is 2.27. The summed E-state index contributed by atoms with van der Waals surface area (Å²) in [6.45, 7) is 11.4. The first-order valence-corrected chi connectivity index (χ1v) is 10.7. The standard InChI is InChI=1S/C23H35N3O2/c1-17-11-18(2)14-25(13-17)15-21-8-5-4-7-20(21)12-24-23(28)22-9-6-10-26(16-22)19(3)27/h4-5,7-8,17-18,22H,6,9-16H2,1-3H3,(H,24,28)/t17-,18+,22-/m0/s1. The van der Waals surface area contributed by atoms with Gasteiger partial charge < -0.3 is 10.2 Å². The van der Waals surface area contributed by atoms with Crippen molar-refractivity contribution in [1.29, 1.82) is 0 Å². The van der Waals surface area contributed by atoms with Crippen LogP contribution in [0.5, 0.6) is 0 Å². The van der Waals surface area contributed by atoms with Crippen LogP contribution in [0.25, 0.3) is 0 Å². The van der Waals surface area contributed by atoms with Gasteiger partial charge in [0.25, 0.3) is 0 Å². The van der Waals surface area contributed by atoms with E-state index in [4.69, 9.17) is 0 Å². The van der Waals surface area contributed by atoms with E-state index in [-0.39, 0.29) is 17.7 Å². The molecule has 1 aromatic rings. The molecule has 3 rings (SSSR count). The molecule has 28 heavy (non-hydrogen) atoms. The Labute approximate surface area is 169 Å². The molecular weight excluding hydrogens is 350 g/mol. The Bertz CT molecular complexity index is 680. The summed E-state index contributed by atoms with van der Waals surface area (Å²) in [5.74, 6) is 1.53. The first-order valence-electron chi connectivity index (χ1n) is 10.7. The van der Waals surface area contributed by atoms with Crippen molar-refractivity contribution in [2.24, 2.45) is 17.8 Å². The summed E-state index contributed by atoms with van der Waals surface area (Å²) in [6, 6.07) is 8.44. The molecule has 5 nitrogen and oxygen atoms in total. The van der Waals surface area contributed by atoms with Crippen LogP contribution in [0.2, 0.25) is 0 Å². The van der Waals surface area contributed by atoms with E-state index >= 15 is 0 Å². The zero-order valence-corrected chi connectivity index (χ0v) is 17.6. The molecule has 0 bridgehead atoms. The van der Waals surface area contributed by atoms with Crippen molar-refractivity contribution in [3.8, 4) is 0 Å². The van der Waals surface area contributed by atoms with Crippen molar-refractivity contribution in [1.82, 2.24) is 15.1 Å². The normalized spacial score (nSPS) is 26.1. The molecule has 154 valence electrons. The minimum absolute atomic E-state index is 0.0628. The second kappa shape index (κ2) is 9.55. The zero-order chi connectivity index (χ0) is 20.1. The number of rotatable bonds is 5. The minimum Gasteiger partial charge on any atom is -0.352 e. The fourth-order valence-electron chi connectivity index (χ4n) is 4.85. The molecule has 0 saturated carbocycles. The third-order valence-electron chi connectivity index (χ3n) is 6.15. The maximum Gasteiger partial charge on any atom is 0.225 e. The van der Waals surface area contributed by atoms with Gasteiger partial charge in [0.05, 0.1) is 5.92 Å². The summed E-state index contributed by atoms with van der Waals surface area (Å²) in [7, 11) is 0. The van der Waals surface area contributed by atoms with Gasteiger partial charge in [0, 0.05) is 46.2 Å². The van der Waals surface area contributed by atoms with Gasteiger partial charge in [0.1, 0.15) is 0 Å². The average Bonchev–Trinajstić information content (AvgIpc) is 2.66. The second-order valence-electron chi connectivity index (χ2n) is 8.93. The molecule has 0 spiro atoms. The number of carbonyl (C=O) groups is 2. The van der Waals surface area contributed by atoms with Crippen LogP contribution in [0.1, 0.15) is 51.2 Å². The Morgan fingerprint density at radius 1 is 1.07 bits per heavy atom. The number of amides is 2. The molecule has 0 aliphatic carbocycles. The fraction of sp³-hybridized carbons (Fsp3) is 0.652. The summed E-state index contributed by atoms with van der Waals surface area (Å²) >= 11 is 0. The van der Waals surface area contributed by atoms with Gasteiger partial charge in [-0.3, -0.25) is 14.5 Å². The van der Waals surface area contributed by atoms with E-state index in [2.05, 4.69) is 42.3 Å². The quantitative estimate of drug-likeness (QED) is 0.848. The Morgan fingerprint density at radius 2 is 1.75 bits per heavy atom. The Morgan fingerprint density at radius 3 is 2.43 bits per heavy atom. The fourth-order valence-corrected chi connectivity index (χ4v) is 4.85. The van der Waals surface area contributed by atoms with Crippen molar-refractivity contribution in [3.05, 3.63) is 35.4 Å². The molecule has 1 N–H and O–H groups in total. The number of hydrogen-bond acceptors (Lipinski definition) is 3. The van der Waals surface area contributed by atoms with Gasteiger partial charge in [-0.2, -0.15) is 0 Å². The number of carbonyl (C=O) groups excluding carboxylic acids is 2. The van der Waals surface area contributed by atoms with Gasteiger partial charge in [0.15, 0.2) is 0 Å². The lowest BCUT2D eigenvalue weighted by atomic mass is 9.91. The second-order valence-corrected chi connectivity index (χ2v) is 8.93. The van der Waals surface area contributed by atoms with Crippen LogP contribution in [-0.2, 0) is 22.7 Å². The number of likely N-dealkylation sites (tertiary alicyclic amines) is 2. The molecule has 2 aliphatic heterocycles. The lowest BCUT2D eigenvalue weighted by Gasteiger charge is -2.35. The number of nitrogens with one attached hydrogen (secondary N) is 1. The maximum atomic E-state index is 12.7. The highest BCUT2D eigenvalue weighted by molar-refractivity contribution is 5.80. The average molecular weight is 386 g/mol. The topological polar surface area (TPSA) is 52.7 Å². The van der Waals surface area contributed by atoms with E-state index in [0.717, 1.165) is 50.9 Å². The van der Waals surface area contributed by atoms with Crippen LogP contribution in [0, 0.1) is 17.8 Å². The Kier molecular flexibility index (Phi) is 7.11. The predicted octanol–water partition coefficient (Wildman–Crippen LogP) is 3.04. The molecule has 5 heteroatoms. The van der Waals surface area contributed by atoms with Gasteiger partial charge in [-0.15, -0.1) is 0 Å². The van der Waals surface area contributed by atoms with Crippen molar-refractivity contribution < 1.29 is 9.59 Å². The molecule has 2 heterocycles. The highest BCUT2D eigenvalue weighted by atomic mass is 16.2. The molecule has 2 amide bonds. The van der Waals surface area contributed by atoms with E-state index in [1.165, 1.54) is 17.5 Å². The monoisotopic (exact) mass is 385 g/mol. The summed E-state index contributed by atoms with van der Waals surface area (Å²) in [6.07, 6.45) is 3.08. The third-order valence-corrected chi connectivity index (χ3v) is 6.15. The summed E-state index contributed by atoms with van der Waals surface area (Å²) in [5.41, 5.74) is 2.50. The van der Waals surface area contributed by atoms with Crippen LogP contribution in [-0.4, -0.2) is 47.8 Å². The lowest BCUT2D eigenvalue weighted by Crippen LogP contribution is -2.44. The predicted molar refractivity (Wildman–Crippen MR) is 111 cm³/mol. The molecule has 0 unspecified atom stereocenters. The molecule has 2 fully saturated rings. The maximum absolute atomic E-state index is 12.7. The van der Waals surface area contributed by atoms with E-state index in [1.807, 2.05) is 6.07 Å². The Hall–Kier alpha value is -1.88. The first kappa shape index (κ1) is 20.8. The van der Waals surface area contributed by atoms with Crippen molar-refractivity contribution >= 4 is 11.8 Å². The largest absolute Gasteiger partial charge is 0.352 e. The highest BCUT2D eigenvalue weighted by Crippen LogP contribution is 2.23. The SMILES string of the molecule is CC(=O)N1CCC[C@H](C(=O)NCc2ccccc2CN2C[C@H](C)C[C@H](C)C2)C1. The summed E-state index contributed by atoms with van der Waals surface area (Å²) in [4.78, 5) is 28.6. The van der Waals surface area contributed by atoms with Crippen molar-refractivity contribution in [3.63, 3.8) is 0 Å². The van der Waals surface area contributed by atoms with Gasteiger partial charge in [-0.25, -0.2) is 0 Å². The van der Waals surface area contributed by atoms with Gasteiger partial charge >= 0.3 is 0 Å². The van der Waals surface area contributed by atoms with Crippen LogP contribution >= 0.6 is 0 Å². The van der Waals surface area contributed by atoms with E-state index in [9.17, 15) is 9.59 Å². The first-order chi connectivity index (χ1) is 13.4. The number of benzene rings is 1. The summed E-state index contributed by atoms with van der Waals surface area (Å²) in [5, 5.41) is 3.13. The van der Waals surface area contributed by atoms with Gasteiger partial charge in [-0.05, 0) is 42.2 Å². The lowest BCUT2D eigenvalue weighted by molar-refractivity contribution is -0.134. The molecular formula is C23H35N3O2. The molecule has 2 saturated heterocycles. The molecule has 1 aromatic carbocycles. The van der Waals surface area contributed by atoms with E-state index in [0.29, 0.717) is 13.1 Å². The van der Waals surface area contributed by atoms with E-state index < -0.39 is 0 Å². The van der Waals surface area contributed by atoms with Crippen LogP contribution in [0.4, 0.5) is 0 Å². The van der Waals surface area contributed by atoms with Gasteiger partial charge in [-0.1, -0.05) is 38.1 Å².